The number of anilines is 1. The Labute approximate surface area is 123 Å². The van der Waals surface area contributed by atoms with Gasteiger partial charge in [0.05, 0.1) is 16.6 Å². The van der Waals surface area contributed by atoms with Crippen molar-refractivity contribution in [3.63, 3.8) is 0 Å². The number of hydrogen-bond donors (Lipinski definition) is 2. The van der Waals surface area contributed by atoms with E-state index in [-0.39, 0.29) is 23.0 Å². The molecule has 7 nitrogen and oxygen atoms in total. The van der Waals surface area contributed by atoms with E-state index >= 15 is 0 Å². The lowest BCUT2D eigenvalue weighted by molar-refractivity contribution is -0.384. The van der Waals surface area contributed by atoms with Gasteiger partial charge in [-0.05, 0) is 32.8 Å². The number of hydrogen-bond acceptors (Lipinski definition) is 5. The van der Waals surface area contributed by atoms with Crippen LogP contribution in [0.25, 0.3) is 0 Å². The third-order valence-corrected chi connectivity index (χ3v) is 2.80. The van der Waals surface area contributed by atoms with Gasteiger partial charge >= 0.3 is 0 Å². The topological polar surface area (TPSA) is 107 Å². The van der Waals surface area contributed by atoms with Crippen molar-refractivity contribution in [3.8, 4) is 0 Å². The summed E-state index contributed by atoms with van der Waals surface area (Å²) in [7, 11) is 0. The number of carbonyl (C=O) groups is 1. The van der Waals surface area contributed by atoms with Gasteiger partial charge in [0.2, 0.25) is 0 Å². The highest BCUT2D eigenvalue weighted by Crippen LogP contribution is 2.19. The maximum atomic E-state index is 11.9. The molecule has 0 fully saturated rings. The fraction of sp³-hybridized carbons (Fsp3) is 0.500. The van der Waals surface area contributed by atoms with Gasteiger partial charge in [0.15, 0.2) is 0 Å². The first-order valence-electron chi connectivity index (χ1n) is 6.85. The van der Waals surface area contributed by atoms with Gasteiger partial charge in [-0.3, -0.25) is 14.9 Å². The van der Waals surface area contributed by atoms with E-state index in [9.17, 15) is 14.9 Å². The Balaban J connectivity index is 2.45. The first-order chi connectivity index (χ1) is 9.91. The molecular formula is C14H21N3O4. The number of non-ortho nitro benzene ring substituents is 1. The minimum Gasteiger partial charge on any atom is -0.398 e. The van der Waals surface area contributed by atoms with Gasteiger partial charge in [0, 0.05) is 31.0 Å². The van der Waals surface area contributed by atoms with E-state index in [1.54, 1.807) is 0 Å². The Kier molecular flexibility index (Phi) is 6.61. The van der Waals surface area contributed by atoms with E-state index in [0.29, 0.717) is 13.2 Å². The highest BCUT2D eigenvalue weighted by Gasteiger charge is 2.14. The summed E-state index contributed by atoms with van der Waals surface area (Å²) in [6.45, 7) is 5.05. The number of nitro benzene ring substituents is 1. The molecular weight excluding hydrogens is 274 g/mol. The summed E-state index contributed by atoms with van der Waals surface area (Å²) in [6.07, 6.45) is 1.81. The standard InChI is InChI=1S/C14H21N3O4/c1-10(2)21-8-4-3-7-16-14(18)12-9-11(17(19)20)5-6-13(12)15/h5-6,9-10H,3-4,7-8,15H2,1-2H3,(H,16,18). The molecule has 1 amide bonds. The van der Waals surface area contributed by atoms with Gasteiger partial charge in [-0.1, -0.05) is 0 Å². The molecule has 0 aliphatic rings. The van der Waals surface area contributed by atoms with E-state index in [0.717, 1.165) is 12.8 Å². The zero-order chi connectivity index (χ0) is 15.8. The minimum atomic E-state index is -0.556. The number of nitro groups is 1. The van der Waals surface area contributed by atoms with Crippen LogP contribution in [0.15, 0.2) is 18.2 Å². The Morgan fingerprint density at radius 2 is 2.14 bits per heavy atom. The molecule has 21 heavy (non-hydrogen) atoms. The molecule has 0 unspecified atom stereocenters. The van der Waals surface area contributed by atoms with Gasteiger partial charge in [-0.2, -0.15) is 0 Å². The van der Waals surface area contributed by atoms with Crippen molar-refractivity contribution in [2.45, 2.75) is 32.8 Å². The molecule has 0 aliphatic carbocycles. The average Bonchev–Trinajstić information content (AvgIpc) is 2.42. The average molecular weight is 295 g/mol. The van der Waals surface area contributed by atoms with Crippen molar-refractivity contribution in [1.82, 2.24) is 5.32 Å². The van der Waals surface area contributed by atoms with Crippen molar-refractivity contribution in [2.24, 2.45) is 0 Å². The smallest absolute Gasteiger partial charge is 0.270 e. The lowest BCUT2D eigenvalue weighted by Gasteiger charge is -2.09. The second-order valence-electron chi connectivity index (χ2n) is 4.91. The van der Waals surface area contributed by atoms with E-state index in [1.165, 1.54) is 18.2 Å². The number of amides is 1. The monoisotopic (exact) mass is 295 g/mol. The predicted molar refractivity (Wildman–Crippen MR) is 80.2 cm³/mol. The summed E-state index contributed by atoms with van der Waals surface area (Å²) in [5.41, 5.74) is 5.87. The number of nitrogens with zero attached hydrogens (tertiary/aromatic N) is 1. The lowest BCUT2D eigenvalue weighted by atomic mass is 10.1. The zero-order valence-corrected chi connectivity index (χ0v) is 12.3. The highest BCUT2D eigenvalue weighted by molar-refractivity contribution is 5.99. The molecule has 1 aromatic rings. The predicted octanol–water partition coefficient (Wildman–Crippen LogP) is 2.11. The normalized spacial score (nSPS) is 10.6. The molecule has 0 atom stereocenters. The largest absolute Gasteiger partial charge is 0.398 e. The van der Waals surface area contributed by atoms with Crippen LogP contribution in [0.5, 0.6) is 0 Å². The fourth-order valence-electron chi connectivity index (χ4n) is 1.70. The lowest BCUT2D eigenvalue weighted by Crippen LogP contribution is -2.25. The van der Waals surface area contributed by atoms with Gasteiger partial charge in [0.1, 0.15) is 0 Å². The highest BCUT2D eigenvalue weighted by atomic mass is 16.6. The number of rotatable bonds is 8. The molecule has 7 heteroatoms. The van der Waals surface area contributed by atoms with Gasteiger partial charge in [-0.15, -0.1) is 0 Å². The van der Waals surface area contributed by atoms with E-state index in [4.69, 9.17) is 10.5 Å². The number of carbonyl (C=O) groups excluding carboxylic acids is 1. The van der Waals surface area contributed by atoms with Crippen LogP contribution in [0.2, 0.25) is 0 Å². The zero-order valence-electron chi connectivity index (χ0n) is 12.3. The molecule has 0 radical (unpaired) electrons. The SMILES string of the molecule is CC(C)OCCCCNC(=O)c1cc([N+](=O)[O-])ccc1N. The molecule has 3 N–H and O–H groups in total. The third kappa shape index (κ3) is 5.78. The van der Waals surface area contributed by atoms with Gasteiger partial charge in [-0.25, -0.2) is 0 Å². The first-order valence-corrected chi connectivity index (χ1v) is 6.85. The second kappa shape index (κ2) is 8.21. The Morgan fingerprint density at radius 3 is 2.76 bits per heavy atom. The van der Waals surface area contributed by atoms with Gasteiger partial charge in [0.25, 0.3) is 11.6 Å². The molecule has 0 aliphatic heterocycles. The second-order valence-corrected chi connectivity index (χ2v) is 4.91. The summed E-state index contributed by atoms with van der Waals surface area (Å²) >= 11 is 0. The number of nitrogens with two attached hydrogens (primary N) is 1. The summed E-state index contributed by atoms with van der Waals surface area (Å²) in [4.78, 5) is 22.1. The molecule has 116 valence electrons. The van der Waals surface area contributed by atoms with Crippen LogP contribution in [-0.4, -0.2) is 30.1 Å². The number of nitrogen functional groups attached to an aromatic ring is 1. The fourth-order valence-corrected chi connectivity index (χ4v) is 1.70. The van der Waals surface area contributed by atoms with Gasteiger partial charge < -0.3 is 15.8 Å². The van der Waals surface area contributed by atoms with Crippen molar-refractivity contribution >= 4 is 17.3 Å². The number of benzene rings is 1. The summed E-state index contributed by atoms with van der Waals surface area (Å²) in [5.74, 6) is -0.402. The maximum absolute atomic E-state index is 11.9. The number of ether oxygens (including phenoxy) is 1. The Bertz CT molecular complexity index is 503. The molecule has 0 heterocycles. The minimum absolute atomic E-state index is 0.127. The van der Waals surface area contributed by atoms with Crippen molar-refractivity contribution in [1.29, 1.82) is 0 Å². The van der Waals surface area contributed by atoms with E-state index in [1.807, 2.05) is 13.8 Å². The summed E-state index contributed by atoms with van der Waals surface area (Å²) in [5, 5.41) is 13.4. The first kappa shape index (κ1) is 16.9. The van der Waals surface area contributed by atoms with E-state index in [2.05, 4.69) is 5.32 Å². The Morgan fingerprint density at radius 1 is 1.43 bits per heavy atom. The molecule has 0 aromatic heterocycles. The van der Waals surface area contributed by atoms with Crippen LogP contribution < -0.4 is 11.1 Å². The van der Waals surface area contributed by atoms with Crippen molar-refractivity contribution < 1.29 is 14.5 Å². The van der Waals surface area contributed by atoms with Crippen LogP contribution in [0.4, 0.5) is 11.4 Å². The molecule has 0 spiro atoms. The summed E-state index contributed by atoms with van der Waals surface area (Å²) < 4.78 is 5.39. The third-order valence-electron chi connectivity index (χ3n) is 2.80. The van der Waals surface area contributed by atoms with Crippen molar-refractivity contribution in [2.75, 3.05) is 18.9 Å². The van der Waals surface area contributed by atoms with Crippen LogP contribution in [-0.2, 0) is 4.74 Å². The Hall–Kier alpha value is -2.15. The van der Waals surface area contributed by atoms with Crippen LogP contribution >= 0.6 is 0 Å². The van der Waals surface area contributed by atoms with Crippen molar-refractivity contribution in [3.05, 3.63) is 33.9 Å². The number of unbranched alkanes of at least 4 members (excludes halogenated alkanes) is 1. The summed E-state index contributed by atoms with van der Waals surface area (Å²) in [6, 6.07) is 3.82. The number of nitrogens with one attached hydrogen (secondary N) is 1. The maximum Gasteiger partial charge on any atom is 0.270 e. The molecule has 0 saturated heterocycles. The molecule has 1 rings (SSSR count). The van der Waals surface area contributed by atoms with E-state index < -0.39 is 10.8 Å². The van der Waals surface area contributed by atoms with Crippen LogP contribution in [0.3, 0.4) is 0 Å². The van der Waals surface area contributed by atoms with Crippen LogP contribution in [0, 0.1) is 10.1 Å². The molecule has 1 aromatic carbocycles. The quantitative estimate of drug-likeness (QED) is 0.330. The van der Waals surface area contributed by atoms with Crippen LogP contribution in [0.1, 0.15) is 37.0 Å². The molecule has 0 saturated carbocycles. The molecule has 0 bridgehead atoms.